The fourth-order valence-corrected chi connectivity index (χ4v) is 3.68. The number of halogens is 2. The van der Waals surface area contributed by atoms with Gasteiger partial charge >= 0.3 is 5.97 Å². The molecule has 0 saturated carbocycles. The number of rotatable bonds is 3. The number of carboxylic acids is 1. The second kappa shape index (κ2) is 5.78. The zero-order chi connectivity index (χ0) is 13.3. The Morgan fingerprint density at radius 1 is 1.61 bits per heavy atom. The lowest BCUT2D eigenvalue weighted by atomic mass is 9.90. The van der Waals surface area contributed by atoms with Gasteiger partial charge in [-0.25, -0.2) is 0 Å². The lowest BCUT2D eigenvalue weighted by molar-refractivity contribution is -0.145. The van der Waals surface area contributed by atoms with Crippen molar-refractivity contribution in [2.45, 2.75) is 32.4 Å². The van der Waals surface area contributed by atoms with Crippen LogP contribution < -0.4 is 0 Å². The van der Waals surface area contributed by atoms with E-state index in [9.17, 15) is 9.90 Å². The Morgan fingerprint density at radius 3 is 2.89 bits per heavy atom. The molecular weight excluding hydrogens is 293 g/mol. The summed E-state index contributed by atoms with van der Waals surface area (Å²) in [4.78, 5) is 13.3. The van der Waals surface area contributed by atoms with E-state index >= 15 is 0 Å². The molecule has 1 saturated heterocycles. The van der Waals surface area contributed by atoms with Gasteiger partial charge in [0, 0.05) is 12.6 Å². The maximum absolute atomic E-state index is 11.2. The standard InChI is InChI=1S/C12H15Cl2NO2S/c1-7-9(12(16)17)3-2-4-15(7)5-8-6-18-11(14)10(8)13/h6-7,9H,2-5H2,1H3,(H,16,17)/t7-,9-/m1/s1. The summed E-state index contributed by atoms with van der Waals surface area (Å²) in [6.07, 6.45) is 1.67. The molecule has 1 N–H and O–H groups in total. The summed E-state index contributed by atoms with van der Waals surface area (Å²) in [6.45, 7) is 3.56. The topological polar surface area (TPSA) is 40.5 Å². The number of likely N-dealkylation sites (tertiary alicyclic amines) is 1. The van der Waals surface area contributed by atoms with Gasteiger partial charge in [-0.1, -0.05) is 23.2 Å². The molecule has 2 rings (SSSR count). The van der Waals surface area contributed by atoms with Gasteiger partial charge in [0.15, 0.2) is 0 Å². The van der Waals surface area contributed by atoms with Crippen molar-refractivity contribution in [1.29, 1.82) is 0 Å². The summed E-state index contributed by atoms with van der Waals surface area (Å²) in [5, 5.41) is 11.7. The molecule has 1 fully saturated rings. The Balaban J connectivity index is 2.09. The third kappa shape index (κ3) is 2.82. The van der Waals surface area contributed by atoms with E-state index in [2.05, 4.69) is 4.90 Å². The van der Waals surface area contributed by atoms with Crippen molar-refractivity contribution in [2.24, 2.45) is 5.92 Å². The zero-order valence-corrected chi connectivity index (χ0v) is 12.4. The van der Waals surface area contributed by atoms with Gasteiger partial charge in [-0.15, -0.1) is 11.3 Å². The smallest absolute Gasteiger partial charge is 0.308 e. The van der Waals surface area contributed by atoms with Crippen molar-refractivity contribution in [3.63, 3.8) is 0 Å². The van der Waals surface area contributed by atoms with Crippen LogP contribution in [0, 0.1) is 5.92 Å². The van der Waals surface area contributed by atoms with Crippen LogP contribution in [0.1, 0.15) is 25.3 Å². The highest BCUT2D eigenvalue weighted by atomic mass is 35.5. The Kier molecular flexibility index (Phi) is 4.54. The van der Waals surface area contributed by atoms with Crippen molar-refractivity contribution >= 4 is 40.5 Å². The van der Waals surface area contributed by atoms with Crippen LogP contribution in [-0.4, -0.2) is 28.6 Å². The van der Waals surface area contributed by atoms with E-state index in [0.29, 0.717) is 15.9 Å². The molecule has 3 nitrogen and oxygen atoms in total. The molecule has 0 radical (unpaired) electrons. The lowest BCUT2D eigenvalue weighted by Gasteiger charge is -2.37. The van der Waals surface area contributed by atoms with Gasteiger partial charge in [0.1, 0.15) is 4.34 Å². The molecule has 2 atom stereocenters. The van der Waals surface area contributed by atoms with E-state index in [-0.39, 0.29) is 12.0 Å². The van der Waals surface area contributed by atoms with Crippen molar-refractivity contribution in [3.8, 4) is 0 Å². The van der Waals surface area contributed by atoms with Crippen LogP contribution in [0.4, 0.5) is 0 Å². The van der Waals surface area contributed by atoms with Crippen LogP contribution in [-0.2, 0) is 11.3 Å². The first kappa shape index (κ1) is 14.1. The SMILES string of the molecule is C[C@@H]1[C@H](C(=O)O)CCCN1Cc1csc(Cl)c1Cl. The van der Waals surface area contributed by atoms with Gasteiger partial charge in [0.05, 0.1) is 10.9 Å². The summed E-state index contributed by atoms with van der Waals surface area (Å²) < 4.78 is 0.603. The summed E-state index contributed by atoms with van der Waals surface area (Å²) in [5.74, 6) is -0.992. The Morgan fingerprint density at radius 2 is 2.33 bits per heavy atom. The lowest BCUT2D eigenvalue weighted by Crippen LogP contribution is -2.45. The van der Waals surface area contributed by atoms with Gasteiger partial charge < -0.3 is 5.11 Å². The molecule has 2 heterocycles. The second-order valence-electron chi connectivity index (χ2n) is 4.65. The van der Waals surface area contributed by atoms with Gasteiger partial charge in [0.2, 0.25) is 0 Å². The molecule has 1 aromatic heterocycles. The van der Waals surface area contributed by atoms with Crippen molar-refractivity contribution in [3.05, 3.63) is 20.3 Å². The number of thiophene rings is 1. The second-order valence-corrected chi connectivity index (χ2v) is 6.51. The molecule has 18 heavy (non-hydrogen) atoms. The minimum atomic E-state index is -0.707. The van der Waals surface area contributed by atoms with Gasteiger partial charge in [0.25, 0.3) is 0 Å². The molecule has 0 bridgehead atoms. The first-order chi connectivity index (χ1) is 8.50. The molecule has 0 amide bonds. The van der Waals surface area contributed by atoms with E-state index < -0.39 is 5.97 Å². The predicted molar refractivity (Wildman–Crippen MR) is 74.6 cm³/mol. The van der Waals surface area contributed by atoms with Crippen LogP contribution in [0.5, 0.6) is 0 Å². The third-order valence-corrected chi connectivity index (χ3v) is 5.48. The monoisotopic (exact) mass is 307 g/mol. The Labute approximate surface area is 120 Å². The Bertz CT molecular complexity index is 449. The van der Waals surface area contributed by atoms with Crippen LogP contribution in [0.25, 0.3) is 0 Å². The molecule has 0 spiro atoms. The van der Waals surface area contributed by atoms with Crippen LogP contribution in [0.3, 0.4) is 0 Å². The Hall–Kier alpha value is -0.290. The van der Waals surface area contributed by atoms with E-state index in [1.54, 1.807) is 0 Å². The third-order valence-electron chi connectivity index (χ3n) is 3.57. The summed E-state index contributed by atoms with van der Waals surface area (Å²) in [6, 6.07) is 0.0333. The largest absolute Gasteiger partial charge is 0.481 e. The van der Waals surface area contributed by atoms with Crippen LogP contribution in [0.15, 0.2) is 5.38 Å². The fraction of sp³-hybridized carbons (Fsp3) is 0.583. The first-order valence-corrected chi connectivity index (χ1v) is 7.52. The van der Waals surface area contributed by atoms with E-state index in [1.165, 1.54) is 11.3 Å². The van der Waals surface area contributed by atoms with Gasteiger partial charge in [-0.05, 0) is 37.3 Å². The quantitative estimate of drug-likeness (QED) is 0.924. The summed E-state index contributed by atoms with van der Waals surface area (Å²) in [7, 11) is 0. The minimum absolute atomic E-state index is 0.0333. The molecule has 1 aromatic rings. The average molecular weight is 308 g/mol. The van der Waals surface area contributed by atoms with Crippen molar-refractivity contribution < 1.29 is 9.90 Å². The summed E-state index contributed by atoms with van der Waals surface area (Å²) >= 11 is 13.5. The maximum atomic E-state index is 11.2. The highest BCUT2D eigenvalue weighted by molar-refractivity contribution is 7.15. The molecule has 100 valence electrons. The molecular formula is C12H15Cl2NO2S. The van der Waals surface area contributed by atoms with E-state index in [4.69, 9.17) is 23.2 Å². The number of carboxylic acid groups (broad SMARTS) is 1. The zero-order valence-electron chi connectivity index (χ0n) is 10.0. The number of nitrogens with zero attached hydrogens (tertiary/aromatic N) is 1. The molecule has 6 heteroatoms. The van der Waals surface area contributed by atoms with Gasteiger partial charge in [-0.2, -0.15) is 0 Å². The minimum Gasteiger partial charge on any atom is -0.481 e. The first-order valence-electron chi connectivity index (χ1n) is 5.89. The number of aliphatic carboxylic acids is 1. The summed E-state index contributed by atoms with van der Waals surface area (Å²) in [5.41, 5.74) is 0.990. The average Bonchev–Trinajstić information content (AvgIpc) is 2.63. The number of hydrogen-bond acceptors (Lipinski definition) is 3. The van der Waals surface area contributed by atoms with E-state index in [1.807, 2.05) is 12.3 Å². The number of hydrogen-bond donors (Lipinski definition) is 1. The molecule has 0 aliphatic carbocycles. The molecule has 1 aliphatic heterocycles. The molecule has 0 unspecified atom stereocenters. The van der Waals surface area contributed by atoms with Crippen LogP contribution in [0.2, 0.25) is 9.36 Å². The van der Waals surface area contributed by atoms with Crippen LogP contribution >= 0.6 is 34.5 Å². The molecule has 0 aromatic carbocycles. The van der Waals surface area contributed by atoms with E-state index in [0.717, 1.165) is 24.9 Å². The molecule has 1 aliphatic rings. The van der Waals surface area contributed by atoms with Crippen molar-refractivity contribution in [2.75, 3.05) is 6.54 Å². The highest BCUT2D eigenvalue weighted by Crippen LogP contribution is 2.34. The number of piperidine rings is 1. The maximum Gasteiger partial charge on any atom is 0.308 e. The number of carbonyl (C=O) groups is 1. The predicted octanol–water partition coefficient (Wildman–Crippen LogP) is 3.74. The fourth-order valence-electron chi connectivity index (χ4n) is 2.44. The normalized spacial score (nSPS) is 25.3. The van der Waals surface area contributed by atoms with Gasteiger partial charge in [-0.3, -0.25) is 9.69 Å². The highest BCUT2D eigenvalue weighted by Gasteiger charge is 2.33. The van der Waals surface area contributed by atoms with Crippen molar-refractivity contribution in [1.82, 2.24) is 4.90 Å².